The summed E-state index contributed by atoms with van der Waals surface area (Å²) in [6.07, 6.45) is 11.0. The first kappa shape index (κ1) is 40.4. The molecule has 4 aromatic rings. The Morgan fingerprint density at radius 3 is 1.69 bits per heavy atom. The van der Waals surface area contributed by atoms with Crippen molar-refractivity contribution in [1.82, 2.24) is 0 Å². The molecule has 0 saturated heterocycles. The maximum atomic E-state index is 13.1. The zero-order valence-corrected chi connectivity index (χ0v) is 34.5. The molecule has 0 amide bonds. The number of esters is 1. The van der Waals surface area contributed by atoms with Crippen LogP contribution < -0.4 is 14.4 Å². The molecule has 4 bridgehead atoms. The fourth-order valence-electron chi connectivity index (χ4n) is 10.6. The molecule has 1 aliphatic heterocycles. The summed E-state index contributed by atoms with van der Waals surface area (Å²) in [6.45, 7) is 6.20. The fourth-order valence-corrected chi connectivity index (χ4v) is 10.6. The molecule has 1 heterocycles. The lowest BCUT2D eigenvalue weighted by Gasteiger charge is -2.55. The van der Waals surface area contributed by atoms with Crippen LogP contribution in [0.25, 0.3) is 0 Å². The molecular formula is C50H61NO7. The largest absolute Gasteiger partial charge is 0.491 e. The number of fused-ring (bicyclic) bond motifs is 2. The summed E-state index contributed by atoms with van der Waals surface area (Å²) in [7, 11) is 2.13. The fraction of sp³-hybridized carbons (Fsp3) is 0.500. The summed E-state index contributed by atoms with van der Waals surface area (Å²) in [6, 6.07) is 33.6. The Kier molecular flexibility index (Phi) is 13.0. The Morgan fingerprint density at radius 1 is 0.621 bits per heavy atom. The van der Waals surface area contributed by atoms with Gasteiger partial charge in [0.25, 0.3) is 0 Å². The number of aryl methyl sites for hydroxylation is 1. The summed E-state index contributed by atoms with van der Waals surface area (Å²) in [5, 5.41) is 0. The zero-order valence-electron chi connectivity index (χ0n) is 34.5. The second-order valence-electron chi connectivity index (χ2n) is 17.0. The second-order valence-corrected chi connectivity index (χ2v) is 17.0. The SMILES string of the molecule is CCCCOC1(c2ccc(OCCOCCOCCOc3ccc(CCCOC(=O)C45CC6CC(CC(C6)C4)C5)cc3)cc2)c2ccccc2N(C)c2ccccc21. The summed E-state index contributed by atoms with van der Waals surface area (Å²) < 4.78 is 36.3. The number of unbranched alkanes of at least 4 members (excludes halogenated alkanes) is 1. The van der Waals surface area contributed by atoms with E-state index in [4.69, 9.17) is 28.4 Å². The van der Waals surface area contributed by atoms with Crippen LogP contribution in [0, 0.1) is 23.2 Å². The smallest absolute Gasteiger partial charge is 0.312 e. The number of carbonyl (C=O) groups is 1. The molecule has 8 heteroatoms. The molecule has 4 aliphatic carbocycles. The molecule has 8 nitrogen and oxygen atoms in total. The molecule has 4 aromatic carbocycles. The van der Waals surface area contributed by atoms with Gasteiger partial charge in [-0.05, 0) is 123 Å². The highest BCUT2D eigenvalue weighted by Gasteiger charge is 2.55. The Labute approximate surface area is 345 Å². The summed E-state index contributed by atoms with van der Waals surface area (Å²) in [5.41, 5.74) is 5.99. The average molecular weight is 788 g/mol. The molecule has 58 heavy (non-hydrogen) atoms. The normalized spacial score (nSPS) is 22.3. The van der Waals surface area contributed by atoms with E-state index in [1.165, 1.54) is 24.8 Å². The van der Waals surface area contributed by atoms with Crippen molar-refractivity contribution in [3.8, 4) is 11.5 Å². The van der Waals surface area contributed by atoms with Crippen molar-refractivity contribution >= 4 is 17.3 Å². The maximum absolute atomic E-state index is 13.1. The molecule has 0 N–H and O–H groups in total. The van der Waals surface area contributed by atoms with Crippen LogP contribution in [0.3, 0.4) is 0 Å². The monoisotopic (exact) mass is 787 g/mol. The number of hydrogen-bond donors (Lipinski definition) is 0. The van der Waals surface area contributed by atoms with E-state index in [9.17, 15) is 4.79 Å². The molecule has 308 valence electrons. The molecule has 0 spiro atoms. The molecule has 4 fully saturated rings. The molecule has 0 radical (unpaired) electrons. The summed E-state index contributed by atoms with van der Waals surface area (Å²) in [5.74, 6) is 3.97. The van der Waals surface area contributed by atoms with Crippen LogP contribution in [0.2, 0.25) is 0 Å². The van der Waals surface area contributed by atoms with Gasteiger partial charge in [0.1, 0.15) is 30.3 Å². The lowest BCUT2D eigenvalue weighted by atomic mass is 9.49. The van der Waals surface area contributed by atoms with Crippen LogP contribution in [0.4, 0.5) is 11.4 Å². The lowest BCUT2D eigenvalue weighted by molar-refractivity contribution is -0.171. The number of hydrogen-bond acceptors (Lipinski definition) is 8. The van der Waals surface area contributed by atoms with Gasteiger partial charge in [-0.3, -0.25) is 4.79 Å². The first-order chi connectivity index (χ1) is 28.5. The minimum absolute atomic E-state index is 0.0832. The van der Waals surface area contributed by atoms with Crippen molar-refractivity contribution in [2.75, 3.05) is 64.8 Å². The van der Waals surface area contributed by atoms with E-state index in [2.05, 4.69) is 91.7 Å². The highest BCUT2D eigenvalue weighted by molar-refractivity contribution is 5.79. The average Bonchev–Trinajstić information content (AvgIpc) is 3.24. The number of ether oxygens (including phenoxy) is 6. The predicted octanol–water partition coefficient (Wildman–Crippen LogP) is 10.1. The van der Waals surface area contributed by atoms with E-state index in [1.54, 1.807) is 0 Å². The molecule has 0 atom stereocenters. The zero-order chi connectivity index (χ0) is 39.8. The molecule has 0 aromatic heterocycles. The lowest BCUT2D eigenvalue weighted by Crippen LogP contribution is -2.50. The number of rotatable bonds is 21. The quantitative estimate of drug-likeness (QED) is 0.0611. The van der Waals surface area contributed by atoms with Gasteiger partial charge >= 0.3 is 5.97 Å². The van der Waals surface area contributed by atoms with Crippen molar-refractivity contribution in [2.24, 2.45) is 23.2 Å². The van der Waals surface area contributed by atoms with E-state index < -0.39 is 5.60 Å². The Bertz CT molecular complexity index is 1860. The highest BCUT2D eigenvalue weighted by atomic mass is 16.6. The highest BCUT2D eigenvalue weighted by Crippen LogP contribution is 2.60. The summed E-state index contributed by atoms with van der Waals surface area (Å²) in [4.78, 5) is 15.4. The molecule has 0 unspecified atom stereocenters. The Hall–Kier alpha value is -4.37. The molecule has 4 saturated carbocycles. The third-order valence-corrected chi connectivity index (χ3v) is 13.0. The van der Waals surface area contributed by atoms with Crippen LogP contribution in [-0.2, 0) is 35.8 Å². The van der Waals surface area contributed by atoms with Crippen molar-refractivity contribution in [2.45, 2.75) is 76.7 Å². The van der Waals surface area contributed by atoms with Gasteiger partial charge in [0.05, 0.1) is 38.4 Å². The number of carbonyl (C=O) groups excluding carboxylic acids is 1. The van der Waals surface area contributed by atoms with Crippen molar-refractivity contribution < 1.29 is 33.2 Å². The molecule has 5 aliphatic rings. The topological polar surface area (TPSA) is 75.7 Å². The minimum atomic E-state index is -0.723. The van der Waals surface area contributed by atoms with Crippen LogP contribution in [-0.4, -0.2) is 65.9 Å². The van der Waals surface area contributed by atoms with E-state index in [-0.39, 0.29) is 11.4 Å². The van der Waals surface area contributed by atoms with Gasteiger partial charge in [0.15, 0.2) is 0 Å². The van der Waals surface area contributed by atoms with Gasteiger partial charge in [-0.15, -0.1) is 0 Å². The number of benzene rings is 4. The van der Waals surface area contributed by atoms with Crippen LogP contribution in [0.15, 0.2) is 97.1 Å². The first-order valence-corrected chi connectivity index (χ1v) is 21.8. The maximum Gasteiger partial charge on any atom is 0.312 e. The second kappa shape index (κ2) is 18.7. The van der Waals surface area contributed by atoms with E-state index in [1.807, 2.05) is 24.3 Å². The van der Waals surface area contributed by atoms with Crippen LogP contribution in [0.5, 0.6) is 11.5 Å². The van der Waals surface area contributed by atoms with Crippen molar-refractivity contribution in [3.05, 3.63) is 119 Å². The van der Waals surface area contributed by atoms with Crippen molar-refractivity contribution in [3.63, 3.8) is 0 Å². The van der Waals surface area contributed by atoms with Gasteiger partial charge in [0.2, 0.25) is 0 Å². The number of nitrogens with zero attached hydrogens (tertiary/aromatic N) is 1. The third-order valence-electron chi connectivity index (χ3n) is 13.0. The van der Waals surface area contributed by atoms with Gasteiger partial charge in [0, 0.05) is 36.2 Å². The van der Waals surface area contributed by atoms with E-state index in [0.717, 1.165) is 102 Å². The van der Waals surface area contributed by atoms with E-state index >= 15 is 0 Å². The summed E-state index contributed by atoms with van der Waals surface area (Å²) >= 11 is 0. The standard InChI is InChI=1S/C50H61NO7/c1-3-4-24-58-50(44-11-5-7-13-46(44)51(2)47-14-8-6-12-45(47)50)41-17-21-43(22-18-41)56-30-28-54-26-25-53-27-29-55-42-19-15-37(16-20-42)10-9-23-57-48(52)49-34-38-31-39(35-49)33-40(32-38)36-49/h5-8,11-22,38-40H,3-4,9-10,23-36H2,1-2H3. The van der Waals surface area contributed by atoms with Crippen molar-refractivity contribution in [1.29, 1.82) is 0 Å². The predicted molar refractivity (Wildman–Crippen MR) is 227 cm³/mol. The molecular weight excluding hydrogens is 727 g/mol. The van der Waals surface area contributed by atoms with E-state index in [0.29, 0.717) is 52.9 Å². The van der Waals surface area contributed by atoms with Gasteiger partial charge in [-0.2, -0.15) is 0 Å². The Balaban J connectivity index is 0.708. The van der Waals surface area contributed by atoms with Gasteiger partial charge < -0.3 is 33.3 Å². The molecule has 9 rings (SSSR count). The number of para-hydroxylation sites is 2. The van der Waals surface area contributed by atoms with Gasteiger partial charge in [-0.1, -0.05) is 74.0 Å². The van der Waals surface area contributed by atoms with Crippen LogP contribution >= 0.6 is 0 Å². The minimum Gasteiger partial charge on any atom is -0.491 e. The Morgan fingerprint density at radius 2 is 1.14 bits per heavy atom. The number of anilines is 2. The third kappa shape index (κ3) is 8.80. The van der Waals surface area contributed by atoms with Gasteiger partial charge in [-0.25, -0.2) is 0 Å². The first-order valence-electron chi connectivity index (χ1n) is 21.8. The van der Waals surface area contributed by atoms with Crippen LogP contribution in [0.1, 0.15) is 87.0 Å².